The van der Waals surface area contributed by atoms with Crippen LogP contribution in [0.2, 0.25) is 0 Å². The number of nitrogens with one attached hydrogen (secondary N) is 1. The summed E-state index contributed by atoms with van der Waals surface area (Å²) in [5, 5.41) is 15.9. The largest absolute Gasteiger partial charge is 0.453 e. The van der Waals surface area contributed by atoms with Crippen molar-refractivity contribution in [3.05, 3.63) is 65.4 Å². The number of hydrogen-bond acceptors (Lipinski definition) is 9. The van der Waals surface area contributed by atoms with Gasteiger partial charge in [-0.15, -0.1) is 0 Å². The van der Waals surface area contributed by atoms with E-state index in [9.17, 15) is 9.59 Å². The van der Waals surface area contributed by atoms with Crippen molar-refractivity contribution in [1.82, 2.24) is 24.4 Å². The van der Waals surface area contributed by atoms with Crippen LogP contribution in [0, 0.1) is 6.92 Å². The molecule has 192 valence electrons. The number of aliphatic hydroxyl groups is 1. The third-order valence-electron chi connectivity index (χ3n) is 6.16. The summed E-state index contributed by atoms with van der Waals surface area (Å²) in [5.41, 5.74) is 4.04. The zero-order valence-corrected chi connectivity index (χ0v) is 20.4. The number of anilines is 1. The molecule has 0 unspecified atom stereocenters. The molecule has 12 nitrogen and oxygen atoms in total. The fourth-order valence-corrected chi connectivity index (χ4v) is 4.05. The van der Waals surface area contributed by atoms with Crippen LogP contribution in [0.3, 0.4) is 0 Å². The number of rotatable bonds is 8. The second-order valence-electron chi connectivity index (χ2n) is 8.69. The van der Waals surface area contributed by atoms with Crippen LogP contribution in [0.5, 0.6) is 0 Å². The first-order chi connectivity index (χ1) is 18.0. The maximum atomic E-state index is 13.1. The number of aliphatic hydroxyl groups excluding tert-OH is 1. The molecule has 1 saturated heterocycles. The standard InChI is InChI=1S/C25H26N6O6/c1-15-3-4-17(22-28-24(37-29-22)18-12-30(13-18)25(34)35-2)10-19(15)27-23(33)20-11-26-21-9-16(5-6-31(20)21)14-36-8-7-32/h3-6,9-11,18,32H,7-8,12-14H2,1-2H3,(H,27,33). The van der Waals surface area contributed by atoms with Gasteiger partial charge in [0.25, 0.3) is 5.91 Å². The molecule has 4 heterocycles. The zero-order valence-electron chi connectivity index (χ0n) is 20.4. The molecule has 0 bridgehead atoms. The Morgan fingerprint density at radius 1 is 1.24 bits per heavy atom. The van der Waals surface area contributed by atoms with Crippen molar-refractivity contribution in [3.8, 4) is 11.4 Å². The first kappa shape index (κ1) is 24.4. The van der Waals surface area contributed by atoms with Crippen LogP contribution in [-0.4, -0.2) is 74.9 Å². The summed E-state index contributed by atoms with van der Waals surface area (Å²) in [5.74, 6) is 0.492. The molecule has 1 aliphatic rings. The Labute approximate surface area is 211 Å². The average Bonchev–Trinajstić information content (AvgIpc) is 3.52. The highest BCUT2D eigenvalue weighted by atomic mass is 16.5. The minimum Gasteiger partial charge on any atom is -0.453 e. The number of fused-ring (bicyclic) bond motifs is 1. The second kappa shape index (κ2) is 10.4. The predicted molar refractivity (Wildman–Crippen MR) is 131 cm³/mol. The molecular formula is C25H26N6O6. The van der Waals surface area contributed by atoms with E-state index in [-0.39, 0.29) is 31.1 Å². The molecule has 1 aliphatic heterocycles. The van der Waals surface area contributed by atoms with Crippen LogP contribution in [0.15, 0.2) is 47.2 Å². The fourth-order valence-electron chi connectivity index (χ4n) is 4.05. The molecule has 0 atom stereocenters. The minimum atomic E-state index is -0.381. The molecule has 0 spiro atoms. The normalized spacial score (nSPS) is 13.5. The lowest BCUT2D eigenvalue weighted by Gasteiger charge is -2.35. The van der Waals surface area contributed by atoms with Gasteiger partial charge >= 0.3 is 6.09 Å². The van der Waals surface area contributed by atoms with Gasteiger partial charge in [0.1, 0.15) is 11.3 Å². The van der Waals surface area contributed by atoms with Gasteiger partial charge in [-0.25, -0.2) is 9.78 Å². The van der Waals surface area contributed by atoms with E-state index in [1.54, 1.807) is 21.6 Å². The van der Waals surface area contributed by atoms with Gasteiger partial charge in [0, 0.05) is 30.5 Å². The van der Waals surface area contributed by atoms with Gasteiger partial charge in [0.2, 0.25) is 11.7 Å². The molecule has 0 saturated carbocycles. The molecule has 4 aromatic rings. The lowest BCUT2D eigenvalue weighted by Crippen LogP contribution is -2.48. The Kier molecular flexibility index (Phi) is 6.84. The van der Waals surface area contributed by atoms with E-state index in [0.717, 1.165) is 11.1 Å². The number of benzene rings is 1. The van der Waals surface area contributed by atoms with E-state index in [1.165, 1.54) is 13.3 Å². The highest BCUT2D eigenvalue weighted by molar-refractivity contribution is 6.04. The number of nitrogens with zero attached hydrogens (tertiary/aromatic N) is 5. The average molecular weight is 507 g/mol. The van der Waals surface area contributed by atoms with Gasteiger partial charge in [-0.05, 0) is 36.2 Å². The van der Waals surface area contributed by atoms with Crippen molar-refractivity contribution in [1.29, 1.82) is 0 Å². The van der Waals surface area contributed by atoms with Gasteiger partial charge in [-0.3, -0.25) is 9.20 Å². The van der Waals surface area contributed by atoms with E-state index < -0.39 is 0 Å². The highest BCUT2D eigenvalue weighted by Crippen LogP contribution is 2.29. The molecule has 37 heavy (non-hydrogen) atoms. The Bertz CT molecular complexity index is 1440. The summed E-state index contributed by atoms with van der Waals surface area (Å²) in [6.45, 7) is 3.37. The summed E-state index contributed by atoms with van der Waals surface area (Å²) >= 11 is 0. The van der Waals surface area contributed by atoms with Crippen LogP contribution >= 0.6 is 0 Å². The maximum Gasteiger partial charge on any atom is 0.409 e. The first-order valence-corrected chi connectivity index (χ1v) is 11.7. The van der Waals surface area contributed by atoms with Crippen LogP contribution in [0.25, 0.3) is 17.0 Å². The van der Waals surface area contributed by atoms with Crippen LogP contribution in [0.1, 0.15) is 33.4 Å². The van der Waals surface area contributed by atoms with Gasteiger partial charge < -0.3 is 29.3 Å². The molecule has 2 N–H and O–H groups in total. The molecule has 1 fully saturated rings. The maximum absolute atomic E-state index is 13.1. The molecule has 0 radical (unpaired) electrons. The lowest BCUT2D eigenvalue weighted by atomic mass is 10.0. The number of methoxy groups -OCH3 is 1. The van der Waals surface area contributed by atoms with Crippen LogP contribution in [-0.2, 0) is 16.1 Å². The molecule has 0 aliphatic carbocycles. The number of carbonyl (C=O) groups excluding carboxylic acids is 2. The second-order valence-corrected chi connectivity index (χ2v) is 8.69. The van der Waals surface area contributed by atoms with Crippen molar-refractivity contribution in [2.75, 3.05) is 38.7 Å². The Morgan fingerprint density at radius 3 is 2.86 bits per heavy atom. The summed E-state index contributed by atoms with van der Waals surface area (Å²) in [6, 6.07) is 9.20. The van der Waals surface area contributed by atoms with Crippen molar-refractivity contribution in [2.24, 2.45) is 0 Å². The molecule has 1 aromatic carbocycles. The molecule has 5 rings (SSSR count). The van der Waals surface area contributed by atoms with Gasteiger partial charge in [0.15, 0.2) is 0 Å². The van der Waals surface area contributed by atoms with Crippen molar-refractivity contribution < 1.29 is 28.7 Å². The Hall–Kier alpha value is -4.29. The van der Waals surface area contributed by atoms with Gasteiger partial charge in [-0.2, -0.15) is 4.98 Å². The topological polar surface area (TPSA) is 144 Å². The van der Waals surface area contributed by atoms with E-state index in [2.05, 4.69) is 20.4 Å². The lowest BCUT2D eigenvalue weighted by molar-refractivity contribution is 0.0804. The number of likely N-dealkylation sites (tertiary alicyclic amines) is 1. The van der Waals surface area contributed by atoms with Gasteiger partial charge in [0.05, 0.1) is 39.0 Å². The van der Waals surface area contributed by atoms with E-state index >= 15 is 0 Å². The predicted octanol–water partition coefficient (Wildman–Crippen LogP) is 2.62. The third kappa shape index (κ3) is 5.01. The Balaban J connectivity index is 1.29. The number of ether oxygens (including phenoxy) is 2. The minimum absolute atomic E-state index is 0.0399. The summed E-state index contributed by atoms with van der Waals surface area (Å²) in [6.07, 6.45) is 2.90. The summed E-state index contributed by atoms with van der Waals surface area (Å²) < 4.78 is 17.2. The Morgan fingerprint density at radius 2 is 2.08 bits per heavy atom. The van der Waals surface area contributed by atoms with Crippen molar-refractivity contribution >= 4 is 23.3 Å². The number of hydrogen-bond donors (Lipinski definition) is 2. The third-order valence-corrected chi connectivity index (χ3v) is 6.16. The SMILES string of the molecule is COC(=O)N1CC(c2nc(-c3ccc(C)c(NC(=O)c4cnc5cc(COCCO)ccn45)c3)no2)C1. The van der Waals surface area contributed by atoms with Crippen LogP contribution in [0.4, 0.5) is 10.5 Å². The highest BCUT2D eigenvalue weighted by Gasteiger charge is 2.36. The first-order valence-electron chi connectivity index (χ1n) is 11.7. The van der Waals surface area contributed by atoms with Crippen molar-refractivity contribution in [2.45, 2.75) is 19.4 Å². The number of aryl methyl sites for hydroxylation is 1. The number of amides is 2. The van der Waals surface area contributed by atoms with E-state index in [0.29, 0.717) is 54.0 Å². The quantitative estimate of drug-likeness (QED) is 0.345. The molecular weight excluding hydrogens is 480 g/mol. The number of imidazole rings is 1. The summed E-state index contributed by atoms with van der Waals surface area (Å²) in [7, 11) is 1.34. The molecule has 3 aromatic heterocycles. The fraction of sp³-hybridized carbons (Fsp3) is 0.320. The van der Waals surface area contributed by atoms with E-state index in [4.69, 9.17) is 19.1 Å². The van der Waals surface area contributed by atoms with E-state index in [1.807, 2.05) is 31.2 Å². The molecule has 12 heteroatoms. The van der Waals surface area contributed by atoms with Crippen LogP contribution < -0.4 is 5.32 Å². The van der Waals surface area contributed by atoms with Crippen molar-refractivity contribution in [3.63, 3.8) is 0 Å². The monoisotopic (exact) mass is 506 g/mol. The molecule has 2 amide bonds. The zero-order chi connectivity index (χ0) is 25.9. The number of aromatic nitrogens is 4. The number of carbonyl (C=O) groups is 2. The summed E-state index contributed by atoms with van der Waals surface area (Å²) in [4.78, 5) is 35.1. The number of pyridine rings is 1. The van der Waals surface area contributed by atoms with Gasteiger partial charge in [-0.1, -0.05) is 17.3 Å². The smallest absolute Gasteiger partial charge is 0.409 e.